The highest BCUT2D eigenvalue weighted by atomic mass is 16.5. The third kappa shape index (κ3) is 3.48. The number of phenolic OH excluding ortho intramolecular Hbond substituents is 1. The zero-order chi connectivity index (χ0) is 14.4. The van der Waals surface area contributed by atoms with Gasteiger partial charge in [0, 0.05) is 24.3 Å². The van der Waals surface area contributed by atoms with Crippen LogP contribution in [-0.2, 0) is 6.54 Å². The lowest BCUT2D eigenvalue weighted by atomic mass is 10.1. The minimum Gasteiger partial charge on any atom is -0.504 e. The maximum atomic E-state index is 10.1. The molecule has 0 saturated heterocycles. The number of hydrogen-bond donors (Lipinski definition) is 2. The molecule has 20 heavy (non-hydrogen) atoms. The normalized spacial score (nSPS) is 12.1. The van der Waals surface area contributed by atoms with Gasteiger partial charge in [-0.2, -0.15) is 0 Å². The topological polar surface area (TPSA) is 54.4 Å². The highest BCUT2D eigenvalue weighted by molar-refractivity contribution is 5.45. The van der Waals surface area contributed by atoms with E-state index < -0.39 is 0 Å². The first-order valence-electron chi connectivity index (χ1n) is 6.80. The molecule has 0 fully saturated rings. The van der Waals surface area contributed by atoms with E-state index in [2.05, 4.69) is 10.3 Å². The molecule has 0 radical (unpaired) electrons. The molecule has 4 nitrogen and oxygen atoms in total. The molecule has 2 aromatic rings. The van der Waals surface area contributed by atoms with Gasteiger partial charge < -0.3 is 15.2 Å². The van der Waals surface area contributed by atoms with E-state index in [0.717, 1.165) is 11.3 Å². The number of aromatic nitrogens is 1. The zero-order valence-corrected chi connectivity index (χ0v) is 11.8. The Balaban J connectivity index is 2.02. The molecular formula is C16H20N2O2. The standard InChI is InChI=1S/C16H20N2O2/c1-3-20-15-9-6-7-13(16(15)19)11-18-12(2)14-8-4-5-10-17-14/h4-10,12,18-19H,3,11H2,1-2H3. The molecule has 2 rings (SSSR count). The molecule has 1 atom stereocenters. The number of hydrogen-bond acceptors (Lipinski definition) is 4. The predicted molar refractivity (Wildman–Crippen MR) is 78.8 cm³/mol. The molecule has 1 heterocycles. The summed E-state index contributed by atoms with van der Waals surface area (Å²) in [4.78, 5) is 4.31. The number of ether oxygens (including phenoxy) is 1. The van der Waals surface area contributed by atoms with Crippen LogP contribution in [0.1, 0.15) is 31.1 Å². The summed E-state index contributed by atoms with van der Waals surface area (Å²) in [5.74, 6) is 0.729. The van der Waals surface area contributed by atoms with E-state index in [0.29, 0.717) is 18.9 Å². The number of nitrogens with zero attached hydrogens (tertiary/aromatic N) is 1. The van der Waals surface area contributed by atoms with Crippen LogP contribution >= 0.6 is 0 Å². The lowest BCUT2D eigenvalue weighted by Crippen LogP contribution is -2.19. The van der Waals surface area contributed by atoms with Crippen molar-refractivity contribution in [3.63, 3.8) is 0 Å². The molecule has 106 valence electrons. The van der Waals surface area contributed by atoms with Gasteiger partial charge in [-0.05, 0) is 32.0 Å². The lowest BCUT2D eigenvalue weighted by molar-refractivity contribution is 0.316. The van der Waals surface area contributed by atoms with Gasteiger partial charge in [-0.1, -0.05) is 18.2 Å². The summed E-state index contributed by atoms with van der Waals surface area (Å²) in [6, 6.07) is 11.5. The highest BCUT2D eigenvalue weighted by Crippen LogP contribution is 2.29. The quantitative estimate of drug-likeness (QED) is 0.848. The third-order valence-corrected chi connectivity index (χ3v) is 3.11. The fraction of sp³-hybridized carbons (Fsp3) is 0.312. The Morgan fingerprint density at radius 3 is 2.80 bits per heavy atom. The molecule has 4 heteroatoms. The van der Waals surface area contributed by atoms with E-state index in [9.17, 15) is 5.11 Å². The van der Waals surface area contributed by atoms with Crippen LogP contribution in [-0.4, -0.2) is 16.7 Å². The average Bonchev–Trinajstić information content (AvgIpc) is 2.49. The fourth-order valence-corrected chi connectivity index (χ4v) is 1.98. The van der Waals surface area contributed by atoms with Crippen LogP contribution in [0.3, 0.4) is 0 Å². The van der Waals surface area contributed by atoms with Gasteiger partial charge in [-0.25, -0.2) is 0 Å². The summed E-state index contributed by atoms with van der Waals surface area (Å²) in [5.41, 5.74) is 1.80. The highest BCUT2D eigenvalue weighted by Gasteiger charge is 2.10. The minimum atomic E-state index is 0.117. The van der Waals surface area contributed by atoms with Crippen molar-refractivity contribution in [3.8, 4) is 11.5 Å². The van der Waals surface area contributed by atoms with Crippen molar-refractivity contribution >= 4 is 0 Å². The van der Waals surface area contributed by atoms with Crippen LogP contribution in [0.25, 0.3) is 0 Å². The third-order valence-electron chi connectivity index (χ3n) is 3.11. The second kappa shape index (κ2) is 6.91. The molecule has 1 unspecified atom stereocenters. The Labute approximate surface area is 119 Å². The number of benzene rings is 1. The molecule has 0 aliphatic carbocycles. The average molecular weight is 272 g/mol. The van der Waals surface area contributed by atoms with Crippen LogP contribution in [0, 0.1) is 0 Å². The molecule has 0 saturated carbocycles. The first-order chi connectivity index (χ1) is 9.72. The van der Waals surface area contributed by atoms with Gasteiger partial charge in [-0.3, -0.25) is 4.98 Å². The molecule has 2 N–H and O–H groups in total. The molecule has 0 amide bonds. The number of para-hydroxylation sites is 1. The summed E-state index contributed by atoms with van der Waals surface area (Å²) in [7, 11) is 0. The molecule has 0 bridgehead atoms. The van der Waals surface area contributed by atoms with Crippen molar-refractivity contribution in [1.82, 2.24) is 10.3 Å². The van der Waals surface area contributed by atoms with Crippen molar-refractivity contribution in [3.05, 3.63) is 53.9 Å². The second-order valence-electron chi connectivity index (χ2n) is 4.55. The summed E-state index contributed by atoms with van der Waals surface area (Å²) in [5, 5.41) is 13.5. The number of rotatable bonds is 6. The van der Waals surface area contributed by atoms with E-state index in [1.54, 1.807) is 12.3 Å². The van der Waals surface area contributed by atoms with Crippen molar-refractivity contribution < 1.29 is 9.84 Å². The van der Waals surface area contributed by atoms with Crippen LogP contribution < -0.4 is 10.1 Å². The van der Waals surface area contributed by atoms with Gasteiger partial charge in [0.05, 0.1) is 12.3 Å². The summed E-state index contributed by atoms with van der Waals surface area (Å²) in [6.07, 6.45) is 1.78. The van der Waals surface area contributed by atoms with Gasteiger partial charge in [0.25, 0.3) is 0 Å². The fourth-order valence-electron chi connectivity index (χ4n) is 1.98. The number of pyridine rings is 1. The van der Waals surface area contributed by atoms with E-state index in [-0.39, 0.29) is 11.8 Å². The van der Waals surface area contributed by atoms with Crippen LogP contribution in [0.15, 0.2) is 42.6 Å². The maximum absolute atomic E-state index is 10.1. The van der Waals surface area contributed by atoms with Gasteiger partial charge in [0.15, 0.2) is 11.5 Å². The molecule has 0 aliphatic heterocycles. The first kappa shape index (κ1) is 14.3. The number of nitrogens with one attached hydrogen (secondary N) is 1. The van der Waals surface area contributed by atoms with E-state index >= 15 is 0 Å². The second-order valence-corrected chi connectivity index (χ2v) is 4.55. The summed E-state index contributed by atoms with van der Waals surface area (Å²) >= 11 is 0. The van der Waals surface area contributed by atoms with Crippen LogP contribution in [0.5, 0.6) is 11.5 Å². The number of phenols is 1. The van der Waals surface area contributed by atoms with Crippen LogP contribution in [0.2, 0.25) is 0 Å². The Morgan fingerprint density at radius 1 is 1.25 bits per heavy atom. The first-order valence-corrected chi connectivity index (χ1v) is 6.80. The zero-order valence-electron chi connectivity index (χ0n) is 11.8. The number of aromatic hydroxyl groups is 1. The predicted octanol–water partition coefficient (Wildman–Crippen LogP) is 3.04. The lowest BCUT2D eigenvalue weighted by Gasteiger charge is -2.15. The van der Waals surface area contributed by atoms with E-state index in [1.165, 1.54) is 0 Å². The SMILES string of the molecule is CCOc1cccc(CNC(C)c2ccccn2)c1O. The monoisotopic (exact) mass is 272 g/mol. The van der Waals surface area contributed by atoms with E-state index in [4.69, 9.17) is 4.74 Å². The summed E-state index contributed by atoms with van der Waals surface area (Å²) in [6.45, 7) is 5.04. The molecule has 0 spiro atoms. The van der Waals surface area contributed by atoms with Crippen molar-refractivity contribution in [2.45, 2.75) is 26.4 Å². The van der Waals surface area contributed by atoms with Gasteiger partial charge >= 0.3 is 0 Å². The van der Waals surface area contributed by atoms with Gasteiger partial charge in [0.1, 0.15) is 0 Å². The Bertz CT molecular complexity index is 543. The molecule has 1 aromatic carbocycles. The smallest absolute Gasteiger partial charge is 0.162 e. The van der Waals surface area contributed by atoms with Gasteiger partial charge in [0.2, 0.25) is 0 Å². The largest absolute Gasteiger partial charge is 0.504 e. The van der Waals surface area contributed by atoms with Gasteiger partial charge in [-0.15, -0.1) is 0 Å². The van der Waals surface area contributed by atoms with Crippen LogP contribution in [0.4, 0.5) is 0 Å². The van der Waals surface area contributed by atoms with Crippen molar-refractivity contribution in [2.24, 2.45) is 0 Å². The van der Waals surface area contributed by atoms with Crippen molar-refractivity contribution in [1.29, 1.82) is 0 Å². The van der Waals surface area contributed by atoms with E-state index in [1.807, 2.05) is 44.2 Å². The Morgan fingerprint density at radius 2 is 2.10 bits per heavy atom. The Hall–Kier alpha value is -2.07. The molecule has 1 aromatic heterocycles. The molecular weight excluding hydrogens is 252 g/mol. The maximum Gasteiger partial charge on any atom is 0.162 e. The Kier molecular flexibility index (Phi) is 4.96. The summed E-state index contributed by atoms with van der Waals surface area (Å²) < 4.78 is 5.38. The molecule has 0 aliphatic rings. The van der Waals surface area contributed by atoms with Crippen molar-refractivity contribution in [2.75, 3.05) is 6.61 Å². The minimum absolute atomic E-state index is 0.117.